The zero-order chi connectivity index (χ0) is 19.1. The Morgan fingerprint density at radius 2 is 1.96 bits per heavy atom. The van der Waals surface area contributed by atoms with E-state index in [1.807, 2.05) is 25.1 Å². The van der Waals surface area contributed by atoms with Gasteiger partial charge < -0.3 is 20.1 Å². The highest BCUT2D eigenvalue weighted by molar-refractivity contribution is 5.96. The van der Waals surface area contributed by atoms with Crippen LogP contribution in [0.3, 0.4) is 0 Å². The van der Waals surface area contributed by atoms with Gasteiger partial charge in [0.15, 0.2) is 0 Å². The molecular formula is C19H25N5O3. The Labute approximate surface area is 158 Å². The lowest BCUT2D eigenvalue weighted by atomic mass is 10.2. The van der Waals surface area contributed by atoms with Crippen molar-refractivity contribution in [2.75, 3.05) is 57.1 Å². The molecule has 1 aliphatic rings. The van der Waals surface area contributed by atoms with Gasteiger partial charge in [0.1, 0.15) is 17.5 Å². The standard InChI is InChI=1S/C19H25N5O3/c1-14-21-17(20-7-8-24-9-11-27-12-10-24)13-18(22-14)23-16-6-4-3-5-15(16)19(25)26-2/h3-6,13H,7-12H2,1-2H3,(H2,20,21,22,23). The van der Waals surface area contributed by atoms with Crippen LogP contribution in [0.1, 0.15) is 16.2 Å². The molecule has 8 heteroatoms. The van der Waals surface area contributed by atoms with Gasteiger partial charge in [0.25, 0.3) is 0 Å². The Morgan fingerprint density at radius 1 is 1.22 bits per heavy atom. The number of nitrogens with zero attached hydrogens (tertiary/aromatic N) is 3. The number of aromatic nitrogens is 2. The molecule has 0 radical (unpaired) electrons. The van der Waals surface area contributed by atoms with Gasteiger partial charge in [-0.1, -0.05) is 12.1 Å². The first-order valence-corrected chi connectivity index (χ1v) is 9.00. The second-order valence-corrected chi connectivity index (χ2v) is 6.23. The van der Waals surface area contributed by atoms with Gasteiger partial charge in [-0.25, -0.2) is 14.8 Å². The SMILES string of the molecule is COC(=O)c1ccccc1Nc1cc(NCCN2CCOCC2)nc(C)n1. The van der Waals surface area contributed by atoms with Crippen LogP contribution in [0.2, 0.25) is 0 Å². The van der Waals surface area contributed by atoms with Gasteiger partial charge in [0, 0.05) is 32.2 Å². The van der Waals surface area contributed by atoms with E-state index in [0.717, 1.165) is 45.2 Å². The summed E-state index contributed by atoms with van der Waals surface area (Å²) < 4.78 is 10.2. The summed E-state index contributed by atoms with van der Waals surface area (Å²) in [4.78, 5) is 23.1. The lowest BCUT2D eigenvalue weighted by molar-refractivity contribution is 0.0398. The van der Waals surface area contributed by atoms with E-state index in [1.54, 1.807) is 12.1 Å². The molecule has 1 aromatic heterocycles. The molecule has 0 aliphatic carbocycles. The first-order valence-electron chi connectivity index (χ1n) is 9.00. The van der Waals surface area contributed by atoms with E-state index in [2.05, 4.69) is 25.5 Å². The van der Waals surface area contributed by atoms with Crippen LogP contribution >= 0.6 is 0 Å². The number of aryl methyl sites for hydroxylation is 1. The molecule has 144 valence electrons. The second kappa shape index (κ2) is 9.29. The largest absolute Gasteiger partial charge is 0.465 e. The van der Waals surface area contributed by atoms with Crippen LogP contribution in [0, 0.1) is 6.92 Å². The number of morpholine rings is 1. The number of rotatable bonds is 7. The van der Waals surface area contributed by atoms with E-state index in [1.165, 1.54) is 7.11 Å². The Kier molecular flexibility index (Phi) is 6.56. The predicted octanol–water partition coefficient (Wildman–Crippen LogP) is 2.06. The topological polar surface area (TPSA) is 88.6 Å². The Hall–Kier alpha value is -2.71. The monoisotopic (exact) mass is 371 g/mol. The molecular weight excluding hydrogens is 346 g/mol. The smallest absolute Gasteiger partial charge is 0.339 e. The summed E-state index contributed by atoms with van der Waals surface area (Å²) in [5, 5.41) is 6.53. The molecule has 0 saturated carbocycles. The number of para-hydroxylation sites is 1. The van der Waals surface area contributed by atoms with Gasteiger partial charge in [-0.2, -0.15) is 0 Å². The van der Waals surface area contributed by atoms with Crippen molar-refractivity contribution in [1.82, 2.24) is 14.9 Å². The maximum absolute atomic E-state index is 11.9. The number of esters is 1. The summed E-state index contributed by atoms with van der Waals surface area (Å²) in [7, 11) is 1.37. The summed E-state index contributed by atoms with van der Waals surface area (Å²) >= 11 is 0. The van der Waals surface area contributed by atoms with E-state index in [9.17, 15) is 4.79 Å². The fourth-order valence-electron chi connectivity index (χ4n) is 2.91. The van der Waals surface area contributed by atoms with Crippen LogP contribution in [0.4, 0.5) is 17.3 Å². The van der Waals surface area contributed by atoms with Crippen LogP contribution in [0.5, 0.6) is 0 Å². The summed E-state index contributed by atoms with van der Waals surface area (Å²) in [5.41, 5.74) is 1.10. The zero-order valence-corrected chi connectivity index (χ0v) is 15.7. The van der Waals surface area contributed by atoms with E-state index < -0.39 is 5.97 Å². The van der Waals surface area contributed by atoms with E-state index in [0.29, 0.717) is 22.9 Å². The van der Waals surface area contributed by atoms with Gasteiger partial charge >= 0.3 is 5.97 Å². The molecule has 0 unspecified atom stereocenters. The van der Waals surface area contributed by atoms with Crippen molar-refractivity contribution in [3.63, 3.8) is 0 Å². The molecule has 1 saturated heterocycles. The maximum atomic E-state index is 11.9. The minimum absolute atomic E-state index is 0.396. The van der Waals surface area contributed by atoms with Crippen LogP contribution in [0.25, 0.3) is 0 Å². The molecule has 1 aliphatic heterocycles. The fourth-order valence-corrected chi connectivity index (χ4v) is 2.91. The van der Waals surface area contributed by atoms with Crippen LogP contribution in [-0.4, -0.2) is 67.3 Å². The molecule has 1 fully saturated rings. The van der Waals surface area contributed by atoms with Crippen LogP contribution in [-0.2, 0) is 9.47 Å². The normalized spacial score (nSPS) is 14.6. The Bertz CT molecular complexity index is 778. The fraction of sp³-hybridized carbons (Fsp3) is 0.421. The maximum Gasteiger partial charge on any atom is 0.339 e. The first kappa shape index (κ1) is 19.1. The van der Waals surface area contributed by atoms with Gasteiger partial charge in [0.05, 0.1) is 31.6 Å². The molecule has 2 aromatic rings. The van der Waals surface area contributed by atoms with Crippen molar-refractivity contribution in [3.05, 3.63) is 41.7 Å². The lowest BCUT2D eigenvalue weighted by Crippen LogP contribution is -2.39. The number of benzene rings is 1. The summed E-state index contributed by atoms with van der Waals surface area (Å²) in [6.45, 7) is 7.06. The quantitative estimate of drug-likeness (QED) is 0.715. The molecule has 2 heterocycles. The summed E-state index contributed by atoms with van der Waals surface area (Å²) in [5.74, 6) is 1.61. The van der Waals surface area contributed by atoms with Crippen molar-refractivity contribution in [2.45, 2.75) is 6.92 Å². The first-order chi connectivity index (χ1) is 13.2. The number of hydrogen-bond donors (Lipinski definition) is 2. The predicted molar refractivity (Wildman–Crippen MR) is 104 cm³/mol. The lowest BCUT2D eigenvalue weighted by Gasteiger charge is -2.26. The second-order valence-electron chi connectivity index (χ2n) is 6.23. The van der Waals surface area contributed by atoms with E-state index >= 15 is 0 Å². The zero-order valence-electron chi connectivity index (χ0n) is 15.7. The molecule has 0 bridgehead atoms. The summed E-state index contributed by atoms with van der Waals surface area (Å²) in [6, 6.07) is 9.00. The highest BCUT2D eigenvalue weighted by Crippen LogP contribution is 2.22. The Morgan fingerprint density at radius 3 is 2.74 bits per heavy atom. The number of nitrogens with one attached hydrogen (secondary N) is 2. The molecule has 0 spiro atoms. The highest BCUT2D eigenvalue weighted by Gasteiger charge is 2.13. The minimum Gasteiger partial charge on any atom is -0.465 e. The van der Waals surface area contributed by atoms with Gasteiger partial charge in [-0.3, -0.25) is 4.90 Å². The molecule has 8 nitrogen and oxygen atoms in total. The highest BCUT2D eigenvalue weighted by atomic mass is 16.5. The molecule has 3 rings (SSSR count). The number of ether oxygens (including phenoxy) is 2. The number of carbonyl (C=O) groups is 1. The van der Waals surface area contributed by atoms with Crippen molar-refractivity contribution < 1.29 is 14.3 Å². The van der Waals surface area contributed by atoms with Gasteiger partial charge in [-0.15, -0.1) is 0 Å². The van der Waals surface area contributed by atoms with E-state index in [4.69, 9.17) is 9.47 Å². The minimum atomic E-state index is -0.396. The summed E-state index contributed by atoms with van der Waals surface area (Å²) in [6.07, 6.45) is 0. The number of hydrogen-bond acceptors (Lipinski definition) is 8. The molecule has 27 heavy (non-hydrogen) atoms. The number of carbonyl (C=O) groups excluding carboxylic acids is 1. The van der Waals surface area contributed by atoms with Gasteiger partial charge in [-0.05, 0) is 19.1 Å². The average molecular weight is 371 g/mol. The molecule has 0 amide bonds. The third kappa shape index (κ3) is 5.38. The van der Waals surface area contributed by atoms with Crippen molar-refractivity contribution in [2.24, 2.45) is 0 Å². The van der Waals surface area contributed by atoms with Crippen LogP contribution in [0.15, 0.2) is 30.3 Å². The van der Waals surface area contributed by atoms with E-state index in [-0.39, 0.29) is 0 Å². The third-order valence-corrected chi connectivity index (χ3v) is 4.27. The van der Waals surface area contributed by atoms with Crippen molar-refractivity contribution >= 4 is 23.3 Å². The molecule has 2 N–H and O–H groups in total. The average Bonchev–Trinajstić information content (AvgIpc) is 2.68. The molecule has 1 aromatic carbocycles. The van der Waals surface area contributed by atoms with Crippen molar-refractivity contribution in [3.8, 4) is 0 Å². The molecule has 0 atom stereocenters. The third-order valence-electron chi connectivity index (χ3n) is 4.27. The number of anilines is 3. The van der Waals surface area contributed by atoms with Crippen molar-refractivity contribution in [1.29, 1.82) is 0 Å². The Balaban J connectivity index is 1.66. The van der Waals surface area contributed by atoms with Crippen LogP contribution < -0.4 is 10.6 Å². The number of methoxy groups -OCH3 is 1. The van der Waals surface area contributed by atoms with Gasteiger partial charge in [0.2, 0.25) is 0 Å².